The van der Waals surface area contributed by atoms with E-state index in [1.807, 2.05) is 0 Å². The monoisotopic (exact) mass is 843 g/mol. The Balaban J connectivity index is 0.000000683. The first-order valence-corrected chi connectivity index (χ1v) is 20.8. The molecule has 0 atom stereocenters. The number of ether oxygens (including phenoxy) is 2. The molecule has 0 unspecified atom stereocenters. The zero-order valence-electron chi connectivity index (χ0n) is 29.3. The second-order valence-electron chi connectivity index (χ2n) is 11.1. The molecule has 0 bridgehead atoms. The maximum absolute atomic E-state index is 11.3. The summed E-state index contributed by atoms with van der Waals surface area (Å²) in [6.45, 7) is 0.973. The standard InChI is InChI=1S/C11H17NO4S.C10H15NO4S.C8H15BrO2.C3H3NO2S/c1-16-10(14)6-4-2-3-5-7-12-9(13)8-17-11(12)15;12-8-7-16-10(15)11(8)6-4-2-1-3-5-9(13)14;1-11-8(10)6-4-2-3-5-7-9;5-2-1-7-3(6)4-2/h2-8H2,1H3;1-7H2,(H,13,14);2-7H2,1H3;1H2,(H,4,5,6). The fourth-order valence-electron chi connectivity index (χ4n) is 4.23. The number of halogens is 1. The van der Waals surface area contributed by atoms with Crippen molar-refractivity contribution in [1.29, 1.82) is 0 Å². The number of unbranched alkanes of at least 4 members (excludes halogenated alkanes) is 9. The van der Waals surface area contributed by atoms with Gasteiger partial charge in [-0.1, -0.05) is 89.7 Å². The SMILES string of the molecule is COC(=O)CCCCCCBr.COC(=O)CCCCCCN1C(=O)CSC1=O.O=C(O)CCCCCCN1C(=O)CSC1=O.O=C1CSC(=O)N1. The van der Waals surface area contributed by atoms with Crippen molar-refractivity contribution in [2.24, 2.45) is 0 Å². The minimum atomic E-state index is -0.777. The van der Waals surface area contributed by atoms with Gasteiger partial charge in [0.1, 0.15) is 0 Å². The summed E-state index contributed by atoms with van der Waals surface area (Å²) in [4.78, 5) is 99.3. The molecule has 0 aromatic carbocycles. The van der Waals surface area contributed by atoms with Gasteiger partial charge < -0.3 is 14.6 Å². The number of rotatable bonds is 20. The van der Waals surface area contributed by atoms with Crippen molar-refractivity contribution in [3.63, 3.8) is 0 Å². The van der Waals surface area contributed by atoms with E-state index in [9.17, 15) is 43.2 Å². The maximum Gasteiger partial charge on any atom is 0.305 e. The summed E-state index contributed by atoms with van der Waals surface area (Å²) in [5.74, 6) is -0.612. The molecule has 3 rings (SSSR count). The number of nitrogens with zero attached hydrogens (tertiary/aromatic N) is 2. The van der Waals surface area contributed by atoms with Crippen LogP contribution in [-0.2, 0) is 38.2 Å². The highest BCUT2D eigenvalue weighted by molar-refractivity contribution is 9.09. The molecule has 0 radical (unpaired) electrons. The van der Waals surface area contributed by atoms with Crippen LogP contribution < -0.4 is 5.32 Å². The number of carboxylic acids is 1. The molecule has 290 valence electrons. The molecular weight excluding hydrogens is 794 g/mol. The molecule has 15 nitrogen and oxygen atoms in total. The molecule has 51 heavy (non-hydrogen) atoms. The van der Waals surface area contributed by atoms with E-state index in [1.165, 1.54) is 36.9 Å². The smallest absolute Gasteiger partial charge is 0.305 e. The Hall–Kier alpha value is -2.64. The van der Waals surface area contributed by atoms with Crippen molar-refractivity contribution in [2.75, 3.05) is 49.9 Å². The van der Waals surface area contributed by atoms with Gasteiger partial charge in [-0.15, -0.1) is 0 Å². The zero-order valence-corrected chi connectivity index (χ0v) is 33.3. The van der Waals surface area contributed by atoms with Crippen molar-refractivity contribution in [3.8, 4) is 0 Å². The third kappa shape index (κ3) is 25.9. The molecule has 0 spiro atoms. The fraction of sp³-hybridized carbons (Fsp3) is 0.719. The van der Waals surface area contributed by atoms with Crippen LogP contribution in [0.1, 0.15) is 96.3 Å². The predicted molar refractivity (Wildman–Crippen MR) is 200 cm³/mol. The number of imide groups is 3. The first-order chi connectivity index (χ1) is 24.4. The van der Waals surface area contributed by atoms with Crippen molar-refractivity contribution < 1.29 is 57.7 Å². The predicted octanol–water partition coefficient (Wildman–Crippen LogP) is 6.00. The number of esters is 2. The summed E-state index contributed by atoms with van der Waals surface area (Å²) in [5, 5.41) is 11.1. The number of aliphatic carboxylic acids is 1. The molecule has 0 aliphatic carbocycles. The van der Waals surface area contributed by atoms with Crippen LogP contribution in [0, 0.1) is 0 Å². The summed E-state index contributed by atoms with van der Waals surface area (Å²) in [5.41, 5.74) is 0. The van der Waals surface area contributed by atoms with Gasteiger partial charge in [-0.3, -0.25) is 58.3 Å². The highest BCUT2D eigenvalue weighted by atomic mass is 79.9. The first kappa shape index (κ1) is 48.4. The van der Waals surface area contributed by atoms with Crippen LogP contribution in [0.2, 0.25) is 0 Å². The van der Waals surface area contributed by atoms with Gasteiger partial charge in [0.05, 0.1) is 31.5 Å². The Morgan fingerprint density at radius 1 is 0.627 bits per heavy atom. The Labute approximate surface area is 320 Å². The van der Waals surface area contributed by atoms with E-state index in [-0.39, 0.29) is 63.3 Å². The highest BCUT2D eigenvalue weighted by Gasteiger charge is 2.29. The van der Waals surface area contributed by atoms with Crippen LogP contribution in [-0.4, -0.2) is 116 Å². The number of methoxy groups -OCH3 is 2. The summed E-state index contributed by atoms with van der Waals surface area (Å²) < 4.78 is 9.04. The van der Waals surface area contributed by atoms with E-state index in [4.69, 9.17) is 5.11 Å². The molecule has 3 saturated heterocycles. The van der Waals surface area contributed by atoms with E-state index < -0.39 is 5.97 Å². The third-order valence-electron chi connectivity index (χ3n) is 7.01. The molecular formula is C32H50BrN3O12S3. The highest BCUT2D eigenvalue weighted by Crippen LogP contribution is 2.20. The van der Waals surface area contributed by atoms with Gasteiger partial charge in [0, 0.05) is 37.7 Å². The normalized spacial score (nSPS) is 15.0. The average molecular weight is 845 g/mol. The van der Waals surface area contributed by atoms with E-state index in [1.54, 1.807) is 0 Å². The largest absolute Gasteiger partial charge is 0.481 e. The average Bonchev–Trinajstić information content (AvgIpc) is 3.76. The van der Waals surface area contributed by atoms with Crippen molar-refractivity contribution >= 4 is 103 Å². The lowest BCUT2D eigenvalue weighted by molar-refractivity contribution is -0.141. The molecule has 3 aliphatic heterocycles. The Morgan fingerprint density at radius 2 is 1.04 bits per heavy atom. The summed E-state index contributed by atoms with van der Waals surface area (Å²) in [6.07, 6.45) is 12.2. The van der Waals surface area contributed by atoms with Gasteiger partial charge >= 0.3 is 17.9 Å². The lowest BCUT2D eigenvalue weighted by atomic mass is 10.1. The minimum absolute atomic E-state index is 0.0884. The van der Waals surface area contributed by atoms with E-state index in [0.29, 0.717) is 38.1 Å². The van der Waals surface area contributed by atoms with Gasteiger partial charge in [0.15, 0.2) is 0 Å². The van der Waals surface area contributed by atoms with Gasteiger partial charge in [-0.05, 0) is 38.5 Å². The van der Waals surface area contributed by atoms with E-state index in [2.05, 4.69) is 30.7 Å². The number of carbonyl (C=O) groups excluding carboxylic acids is 8. The molecule has 3 aliphatic rings. The third-order valence-corrected chi connectivity index (χ3v) is 10.1. The summed E-state index contributed by atoms with van der Waals surface area (Å²) in [6, 6.07) is 0. The van der Waals surface area contributed by atoms with Crippen LogP contribution in [0.15, 0.2) is 0 Å². The topological polar surface area (TPSA) is 211 Å². The summed E-state index contributed by atoms with van der Waals surface area (Å²) >= 11 is 6.47. The van der Waals surface area contributed by atoms with Gasteiger partial charge in [0.25, 0.3) is 15.7 Å². The number of carbonyl (C=O) groups is 9. The minimum Gasteiger partial charge on any atom is -0.481 e. The number of amides is 6. The van der Waals surface area contributed by atoms with Crippen LogP contribution >= 0.6 is 51.2 Å². The Bertz CT molecular complexity index is 1120. The molecule has 19 heteroatoms. The number of nitrogens with one attached hydrogen (secondary N) is 1. The lowest BCUT2D eigenvalue weighted by Crippen LogP contribution is -2.29. The quantitative estimate of drug-likeness (QED) is 0.0818. The second kappa shape index (κ2) is 30.9. The van der Waals surface area contributed by atoms with Crippen LogP contribution in [0.3, 0.4) is 0 Å². The fourth-order valence-corrected chi connectivity index (χ4v) is 6.65. The van der Waals surface area contributed by atoms with Crippen LogP contribution in [0.4, 0.5) is 14.4 Å². The number of thioether (sulfide) groups is 3. The number of hydrogen-bond acceptors (Lipinski definition) is 14. The molecule has 0 aromatic heterocycles. The van der Waals surface area contributed by atoms with Crippen molar-refractivity contribution in [2.45, 2.75) is 96.3 Å². The molecule has 2 N–H and O–H groups in total. The van der Waals surface area contributed by atoms with Crippen LogP contribution in [0.25, 0.3) is 0 Å². The number of alkyl halides is 1. The van der Waals surface area contributed by atoms with Gasteiger partial charge in [-0.2, -0.15) is 0 Å². The van der Waals surface area contributed by atoms with Gasteiger partial charge in [0.2, 0.25) is 17.7 Å². The van der Waals surface area contributed by atoms with Crippen molar-refractivity contribution in [3.05, 3.63) is 0 Å². The molecule has 6 amide bonds. The first-order valence-electron chi connectivity index (χ1n) is 16.7. The van der Waals surface area contributed by atoms with E-state index >= 15 is 0 Å². The molecule has 0 aromatic rings. The maximum atomic E-state index is 11.3. The molecule has 3 heterocycles. The zero-order chi connectivity index (χ0) is 38.4. The Morgan fingerprint density at radius 3 is 1.33 bits per heavy atom. The van der Waals surface area contributed by atoms with E-state index in [0.717, 1.165) is 98.4 Å². The van der Waals surface area contributed by atoms with Crippen molar-refractivity contribution in [1.82, 2.24) is 15.1 Å². The van der Waals surface area contributed by atoms with Gasteiger partial charge in [-0.25, -0.2) is 0 Å². The number of carboxylic acid groups (broad SMARTS) is 1. The lowest BCUT2D eigenvalue weighted by Gasteiger charge is -2.11. The molecule has 3 fully saturated rings. The number of hydrogen-bond donors (Lipinski definition) is 2. The Kier molecular flexibility index (Phi) is 29.3. The molecule has 0 saturated carbocycles. The summed E-state index contributed by atoms with van der Waals surface area (Å²) in [7, 11) is 2.81. The van der Waals surface area contributed by atoms with Crippen LogP contribution in [0.5, 0.6) is 0 Å². The second-order valence-corrected chi connectivity index (χ2v) is 14.6.